The topological polar surface area (TPSA) is 84.5 Å². The van der Waals surface area contributed by atoms with E-state index in [0.717, 1.165) is 31.2 Å². The summed E-state index contributed by atoms with van der Waals surface area (Å²) in [5, 5.41) is 3.76. The molecule has 6 nitrogen and oxygen atoms in total. The molecule has 2 aromatic rings. The van der Waals surface area contributed by atoms with E-state index < -0.39 is 10.0 Å². The first-order valence-corrected chi connectivity index (χ1v) is 12.0. The molecule has 30 heavy (non-hydrogen) atoms. The van der Waals surface area contributed by atoms with Crippen molar-refractivity contribution >= 4 is 50.7 Å². The van der Waals surface area contributed by atoms with Gasteiger partial charge in [0.05, 0.1) is 9.92 Å². The molecule has 0 spiro atoms. The molecule has 0 aromatic heterocycles. The van der Waals surface area contributed by atoms with E-state index in [-0.39, 0.29) is 40.8 Å². The Labute approximate surface area is 190 Å². The van der Waals surface area contributed by atoms with Gasteiger partial charge in [0.15, 0.2) is 6.61 Å². The van der Waals surface area contributed by atoms with Crippen LogP contribution in [0.4, 0.5) is 0 Å². The van der Waals surface area contributed by atoms with Gasteiger partial charge in [0.2, 0.25) is 10.0 Å². The maximum Gasteiger partial charge on any atom is 0.258 e. The van der Waals surface area contributed by atoms with E-state index in [1.807, 2.05) is 0 Å². The maximum atomic E-state index is 12.5. The molecule has 2 aromatic carbocycles. The number of carbonyl (C=O) groups excluding carboxylic acids is 1. The average molecular weight is 492 g/mol. The fourth-order valence-electron chi connectivity index (χ4n) is 3.15. The first-order chi connectivity index (χ1) is 14.2. The molecule has 2 N–H and O–H groups in total. The van der Waals surface area contributed by atoms with E-state index in [0.29, 0.717) is 10.0 Å². The van der Waals surface area contributed by atoms with E-state index in [9.17, 15) is 13.2 Å². The van der Waals surface area contributed by atoms with Crippen molar-refractivity contribution in [3.8, 4) is 5.75 Å². The molecule has 0 atom stereocenters. The number of nitrogens with one attached hydrogen (secondary N) is 2. The van der Waals surface area contributed by atoms with Gasteiger partial charge < -0.3 is 10.1 Å². The number of carbonyl (C=O) groups is 1. The lowest BCUT2D eigenvalue weighted by Gasteiger charge is -2.14. The average Bonchev–Trinajstić information content (AvgIpc) is 3.18. The van der Waals surface area contributed by atoms with Gasteiger partial charge in [0.1, 0.15) is 5.75 Å². The van der Waals surface area contributed by atoms with E-state index in [2.05, 4.69) is 10.0 Å². The number of halogens is 3. The minimum absolute atomic E-state index is 0.0393. The van der Waals surface area contributed by atoms with Gasteiger partial charge in [-0.15, -0.1) is 0 Å². The zero-order valence-corrected chi connectivity index (χ0v) is 19.0. The van der Waals surface area contributed by atoms with Crippen LogP contribution in [-0.4, -0.2) is 27.0 Å². The molecular formula is C20H21Cl3N2O4S. The fraction of sp³-hybridized carbons (Fsp3) is 0.350. The molecule has 1 saturated carbocycles. The Morgan fingerprint density at radius 1 is 1.03 bits per heavy atom. The number of hydrogen-bond donors (Lipinski definition) is 2. The van der Waals surface area contributed by atoms with E-state index in [1.165, 1.54) is 18.2 Å². The van der Waals surface area contributed by atoms with Gasteiger partial charge in [-0.25, -0.2) is 13.1 Å². The van der Waals surface area contributed by atoms with Crippen molar-refractivity contribution in [3.63, 3.8) is 0 Å². The van der Waals surface area contributed by atoms with Crippen LogP contribution in [0.1, 0.15) is 31.2 Å². The maximum absolute atomic E-state index is 12.5. The van der Waals surface area contributed by atoms with Crippen LogP contribution in [-0.2, 0) is 21.4 Å². The second kappa shape index (κ2) is 10.2. The normalized spacial score (nSPS) is 14.6. The number of amides is 1. The van der Waals surface area contributed by atoms with Gasteiger partial charge in [-0.2, -0.15) is 0 Å². The predicted molar refractivity (Wildman–Crippen MR) is 118 cm³/mol. The Balaban J connectivity index is 1.54. The molecule has 162 valence electrons. The Morgan fingerprint density at radius 3 is 2.43 bits per heavy atom. The minimum Gasteiger partial charge on any atom is -0.482 e. The van der Waals surface area contributed by atoms with Gasteiger partial charge >= 0.3 is 0 Å². The van der Waals surface area contributed by atoms with Crippen molar-refractivity contribution in [2.45, 2.75) is 43.2 Å². The Morgan fingerprint density at radius 2 is 1.77 bits per heavy atom. The van der Waals surface area contributed by atoms with Crippen molar-refractivity contribution in [1.29, 1.82) is 0 Å². The molecule has 1 amide bonds. The van der Waals surface area contributed by atoms with Crippen molar-refractivity contribution in [2.75, 3.05) is 6.61 Å². The van der Waals surface area contributed by atoms with Crippen molar-refractivity contribution in [2.24, 2.45) is 0 Å². The summed E-state index contributed by atoms with van der Waals surface area (Å²) in [5.74, 6) is -0.159. The largest absolute Gasteiger partial charge is 0.482 e. The molecule has 0 aliphatic heterocycles. The first-order valence-electron chi connectivity index (χ1n) is 9.40. The third-order valence-corrected chi connectivity index (χ3v) is 7.14. The summed E-state index contributed by atoms with van der Waals surface area (Å²) in [6.07, 6.45) is 3.72. The lowest BCUT2D eigenvalue weighted by Crippen LogP contribution is -2.32. The summed E-state index contributed by atoms with van der Waals surface area (Å²) in [6.45, 7) is -0.0622. The molecule has 0 heterocycles. The summed E-state index contributed by atoms with van der Waals surface area (Å²) < 4.78 is 33.1. The van der Waals surface area contributed by atoms with Gasteiger partial charge in [-0.05, 0) is 48.7 Å². The van der Waals surface area contributed by atoms with Crippen LogP contribution in [0.5, 0.6) is 5.75 Å². The lowest BCUT2D eigenvalue weighted by atomic mass is 10.2. The van der Waals surface area contributed by atoms with Crippen LogP contribution < -0.4 is 14.8 Å². The summed E-state index contributed by atoms with van der Waals surface area (Å²) in [4.78, 5) is 12.1. The Kier molecular flexibility index (Phi) is 7.87. The molecule has 1 aliphatic rings. The number of sulfonamides is 1. The molecule has 1 aliphatic carbocycles. The Bertz CT molecular complexity index is 1020. The zero-order chi connectivity index (χ0) is 21.7. The molecule has 10 heteroatoms. The molecule has 3 rings (SSSR count). The summed E-state index contributed by atoms with van der Waals surface area (Å²) in [7, 11) is -3.65. The first kappa shape index (κ1) is 23.2. The summed E-state index contributed by atoms with van der Waals surface area (Å²) in [6, 6.07) is 9.13. The Hall–Kier alpha value is -1.51. The van der Waals surface area contributed by atoms with Gasteiger partial charge in [-0.3, -0.25) is 4.79 Å². The highest BCUT2D eigenvalue weighted by atomic mass is 35.5. The molecule has 0 unspecified atom stereocenters. The van der Waals surface area contributed by atoms with Crippen molar-refractivity contribution in [3.05, 3.63) is 57.0 Å². The third-order valence-electron chi connectivity index (χ3n) is 4.74. The highest BCUT2D eigenvalue weighted by Crippen LogP contribution is 2.28. The van der Waals surface area contributed by atoms with Crippen LogP contribution in [0, 0.1) is 0 Å². The number of ether oxygens (including phenoxy) is 1. The second-order valence-corrected chi connectivity index (χ2v) is 9.96. The molecule has 0 bridgehead atoms. The molecule has 0 radical (unpaired) electrons. The highest BCUT2D eigenvalue weighted by Gasteiger charge is 2.23. The van der Waals surface area contributed by atoms with E-state index in [1.54, 1.807) is 18.2 Å². The smallest absolute Gasteiger partial charge is 0.258 e. The monoisotopic (exact) mass is 490 g/mol. The molecular weight excluding hydrogens is 471 g/mol. The number of benzene rings is 2. The van der Waals surface area contributed by atoms with Crippen molar-refractivity contribution < 1.29 is 17.9 Å². The van der Waals surface area contributed by atoms with Crippen molar-refractivity contribution in [1.82, 2.24) is 10.0 Å². The summed E-state index contributed by atoms with van der Waals surface area (Å²) in [5.41, 5.74) is 0.719. The fourth-order valence-corrected chi connectivity index (χ4v) is 5.26. The number of rotatable bonds is 8. The van der Waals surface area contributed by atoms with Crippen LogP contribution in [0.2, 0.25) is 15.1 Å². The van der Waals surface area contributed by atoms with Gasteiger partial charge in [-0.1, -0.05) is 53.7 Å². The van der Waals surface area contributed by atoms with E-state index in [4.69, 9.17) is 39.5 Å². The number of hydrogen-bond acceptors (Lipinski definition) is 4. The van der Waals surface area contributed by atoms with Crippen LogP contribution in [0.3, 0.4) is 0 Å². The van der Waals surface area contributed by atoms with Gasteiger partial charge in [0, 0.05) is 22.6 Å². The predicted octanol–water partition coefficient (Wildman–Crippen LogP) is 4.56. The SMILES string of the molecule is O=C(COc1ccc(S(=O)(=O)NC2CCCC2)cc1Cl)NCc1ccc(Cl)cc1Cl. The minimum atomic E-state index is -3.65. The third kappa shape index (κ3) is 6.25. The lowest BCUT2D eigenvalue weighted by molar-refractivity contribution is -0.123. The zero-order valence-electron chi connectivity index (χ0n) is 16.0. The second-order valence-electron chi connectivity index (χ2n) is 7.00. The molecule has 1 fully saturated rings. The highest BCUT2D eigenvalue weighted by molar-refractivity contribution is 7.89. The quantitative estimate of drug-likeness (QED) is 0.567. The molecule has 0 saturated heterocycles. The standard InChI is InChI=1S/C20H21Cl3N2O4S/c21-14-6-5-13(17(22)9-14)11-24-20(26)12-29-19-8-7-16(10-18(19)23)30(27,28)25-15-3-1-2-4-15/h5-10,15,25H,1-4,11-12H2,(H,24,26). The van der Waals surface area contributed by atoms with Crippen LogP contribution >= 0.6 is 34.8 Å². The van der Waals surface area contributed by atoms with E-state index >= 15 is 0 Å². The van der Waals surface area contributed by atoms with Crippen LogP contribution in [0.25, 0.3) is 0 Å². The van der Waals surface area contributed by atoms with Gasteiger partial charge in [0.25, 0.3) is 5.91 Å². The summed E-state index contributed by atoms with van der Waals surface area (Å²) >= 11 is 18.1. The van der Waals surface area contributed by atoms with Crippen LogP contribution in [0.15, 0.2) is 41.3 Å².